The van der Waals surface area contributed by atoms with E-state index in [-0.39, 0.29) is 0 Å². The van der Waals surface area contributed by atoms with E-state index in [0.717, 1.165) is 24.3 Å². The molecule has 1 aliphatic carbocycles. The average Bonchev–Trinajstić information content (AvgIpc) is 2.96. The van der Waals surface area contributed by atoms with Gasteiger partial charge in [-0.2, -0.15) is 0 Å². The highest BCUT2D eigenvalue weighted by molar-refractivity contribution is 7.12. The molecule has 1 heterocycles. The number of carbonyl (C=O) groups is 2. The van der Waals surface area contributed by atoms with E-state index in [0.29, 0.717) is 17.7 Å². The van der Waals surface area contributed by atoms with Crippen molar-refractivity contribution in [3.8, 4) is 0 Å². The van der Waals surface area contributed by atoms with Crippen LogP contribution < -0.4 is 0 Å². The van der Waals surface area contributed by atoms with Crippen molar-refractivity contribution in [2.75, 3.05) is 7.11 Å². The molecule has 1 aromatic rings. The van der Waals surface area contributed by atoms with Crippen LogP contribution in [0.1, 0.15) is 21.7 Å². The van der Waals surface area contributed by atoms with Crippen LogP contribution in [0.3, 0.4) is 0 Å². The standard InChI is InChI=1S/C16H15FO4S/c1-21-16(20)14(19)9-13(18)15-11(6-7-22-15)8-10-2-4-12(17)5-3-10/h2-4,6-7,9,12,19H,5,8H2,1H3/b14-9-. The van der Waals surface area contributed by atoms with Crippen molar-refractivity contribution < 1.29 is 23.8 Å². The minimum atomic E-state index is -0.960. The van der Waals surface area contributed by atoms with Crippen molar-refractivity contribution in [1.29, 1.82) is 0 Å². The summed E-state index contributed by atoms with van der Waals surface area (Å²) < 4.78 is 17.4. The molecule has 4 nitrogen and oxygen atoms in total. The minimum absolute atomic E-state index is 0.336. The van der Waals surface area contributed by atoms with Gasteiger partial charge in [0, 0.05) is 12.5 Å². The van der Waals surface area contributed by atoms with Crippen molar-refractivity contribution in [2.45, 2.75) is 19.0 Å². The van der Waals surface area contributed by atoms with Crippen LogP contribution in [0.15, 0.2) is 47.1 Å². The smallest absolute Gasteiger partial charge is 0.373 e. The predicted molar refractivity (Wildman–Crippen MR) is 81.8 cm³/mol. The third-order valence-electron chi connectivity index (χ3n) is 3.15. The summed E-state index contributed by atoms with van der Waals surface area (Å²) in [5.41, 5.74) is 1.71. The SMILES string of the molecule is COC(=O)/C(O)=C/C(=O)c1sccc1CC1=CCC(F)C=C1. The number of methoxy groups -OCH3 is 1. The second-order valence-corrected chi connectivity index (χ2v) is 5.64. The first-order valence-electron chi connectivity index (χ1n) is 6.62. The molecule has 1 N–H and O–H groups in total. The molecule has 0 saturated heterocycles. The predicted octanol–water partition coefficient (Wildman–Crippen LogP) is 3.31. The van der Waals surface area contributed by atoms with E-state index in [1.54, 1.807) is 23.6 Å². The van der Waals surface area contributed by atoms with Gasteiger partial charge < -0.3 is 9.84 Å². The largest absolute Gasteiger partial charge is 0.502 e. The number of thiophene rings is 1. The van der Waals surface area contributed by atoms with E-state index >= 15 is 0 Å². The lowest BCUT2D eigenvalue weighted by atomic mass is 9.98. The van der Waals surface area contributed by atoms with Crippen molar-refractivity contribution in [3.63, 3.8) is 0 Å². The van der Waals surface area contributed by atoms with E-state index in [2.05, 4.69) is 4.74 Å². The maximum absolute atomic E-state index is 13.0. The number of rotatable bonds is 5. The summed E-state index contributed by atoms with van der Waals surface area (Å²) in [4.78, 5) is 23.7. The quantitative estimate of drug-likeness (QED) is 0.391. The minimum Gasteiger partial charge on any atom is -0.502 e. The van der Waals surface area contributed by atoms with Crippen molar-refractivity contribution in [3.05, 3.63) is 57.5 Å². The lowest BCUT2D eigenvalue weighted by Gasteiger charge is -2.09. The number of carbonyl (C=O) groups excluding carboxylic acids is 2. The number of allylic oxidation sites excluding steroid dienone is 5. The Kier molecular flexibility index (Phi) is 5.27. The molecular formula is C16H15FO4S. The van der Waals surface area contributed by atoms with Gasteiger partial charge in [-0.3, -0.25) is 4.79 Å². The molecule has 1 unspecified atom stereocenters. The van der Waals surface area contributed by atoms with Crippen molar-refractivity contribution in [2.24, 2.45) is 0 Å². The first kappa shape index (κ1) is 16.2. The summed E-state index contributed by atoms with van der Waals surface area (Å²) in [6.45, 7) is 0. The number of hydrogen-bond donors (Lipinski definition) is 1. The molecule has 1 aromatic heterocycles. The van der Waals surface area contributed by atoms with Crippen LogP contribution in [-0.2, 0) is 16.0 Å². The van der Waals surface area contributed by atoms with E-state index in [4.69, 9.17) is 0 Å². The normalized spacial score (nSPS) is 18.0. The molecule has 0 fully saturated rings. The number of ketones is 1. The highest BCUT2D eigenvalue weighted by Crippen LogP contribution is 2.24. The van der Waals surface area contributed by atoms with E-state index in [9.17, 15) is 19.1 Å². The zero-order valence-electron chi connectivity index (χ0n) is 11.9. The highest BCUT2D eigenvalue weighted by Gasteiger charge is 2.16. The van der Waals surface area contributed by atoms with Crippen LogP contribution in [0.5, 0.6) is 0 Å². The fraction of sp³-hybridized carbons (Fsp3) is 0.250. The van der Waals surface area contributed by atoms with Crippen LogP contribution in [0.4, 0.5) is 4.39 Å². The average molecular weight is 322 g/mol. The molecule has 1 atom stereocenters. The zero-order valence-corrected chi connectivity index (χ0v) is 12.7. The molecule has 0 amide bonds. The van der Waals surface area contributed by atoms with Crippen molar-refractivity contribution in [1.82, 2.24) is 0 Å². The second kappa shape index (κ2) is 7.17. The third kappa shape index (κ3) is 3.92. The molecule has 0 spiro atoms. The Hall–Kier alpha value is -2.21. The summed E-state index contributed by atoms with van der Waals surface area (Å²) in [6, 6.07) is 1.80. The topological polar surface area (TPSA) is 63.6 Å². The number of aliphatic hydroxyl groups excluding tert-OH is 1. The Bertz CT molecular complexity index is 669. The lowest BCUT2D eigenvalue weighted by molar-refractivity contribution is -0.139. The highest BCUT2D eigenvalue weighted by atomic mass is 32.1. The summed E-state index contributed by atoms with van der Waals surface area (Å²) >= 11 is 1.23. The molecule has 116 valence electrons. The molecule has 22 heavy (non-hydrogen) atoms. The molecular weight excluding hydrogens is 307 g/mol. The number of halogens is 1. The molecule has 0 radical (unpaired) electrons. The van der Waals surface area contributed by atoms with Gasteiger partial charge in [0.25, 0.3) is 0 Å². The van der Waals surface area contributed by atoms with E-state index in [1.165, 1.54) is 17.4 Å². The number of ether oxygens (including phenoxy) is 1. The van der Waals surface area contributed by atoms with Gasteiger partial charge in [0.05, 0.1) is 12.0 Å². The van der Waals surface area contributed by atoms with Gasteiger partial charge in [-0.15, -0.1) is 11.3 Å². The number of esters is 1. The Morgan fingerprint density at radius 2 is 2.32 bits per heavy atom. The summed E-state index contributed by atoms with van der Waals surface area (Å²) in [5, 5.41) is 11.2. The van der Waals surface area contributed by atoms with E-state index in [1.807, 2.05) is 0 Å². The van der Waals surface area contributed by atoms with Gasteiger partial charge in [0.2, 0.25) is 5.76 Å². The Morgan fingerprint density at radius 3 is 2.95 bits per heavy atom. The third-order valence-corrected chi connectivity index (χ3v) is 4.12. The van der Waals surface area contributed by atoms with Crippen LogP contribution in [0, 0.1) is 0 Å². The maximum atomic E-state index is 13.0. The number of aliphatic hydroxyl groups is 1. The fourth-order valence-electron chi connectivity index (χ4n) is 2.03. The molecule has 0 saturated carbocycles. The molecule has 0 aromatic carbocycles. The summed E-state index contributed by atoms with van der Waals surface area (Å²) in [7, 11) is 1.12. The Balaban J connectivity index is 2.14. The fourth-order valence-corrected chi connectivity index (χ4v) is 2.87. The monoisotopic (exact) mass is 322 g/mol. The second-order valence-electron chi connectivity index (χ2n) is 4.73. The molecule has 0 aliphatic heterocycles. The molecule has 6 heteroatoms. The van der Waals surface area contributed by atoms with Gasteiger partial charge in [-0.1, -0.05) is 18.2 Å². The van der Waals surface area contributed by atoms with Crippen LogP contribution in [0.25, 0.3) is 0 Å². The van der Waals surface area contributed by atoms with Crippen LogP contribution in [-0.4, -0.2) is 30.1 Å². The van der Waals surface area contributed by atoms with Gasteiger partial charge in [-0.05, 0) is 29.0 Å². The van der Waals surface area contributed by atoms with E-state index < -0.39 is 23.7 Å². The van der Waals surface area contributed by atoms with Crippen LogP contribution in [0.2, 0.25) is 0 Å². The van der Waals surface area contributed by atoms with Crippen molar-refractivity contribution >= 4 is 23.1 Å². The molecule has 2 rings (SSSR count). The zero-order chi connectivity index (χ0) is 16.1. The van der Waals surface area contributed by atoms with Gasteiger partial charge >= 0.3 is 5.97 Å². The van der Waals surface area contributed by atoms with Gasteiger partial charge in [-0.25, -0.2) is 9.18 Å². The summed E-state index contributed by atoms with van der Waals surface area (Å²) in [6.07, 6.45) is 5.74. The first-order valence-corrected chi connectivity index (χ1v) is 7.50. The Morgan fingerprint density at radius 1 is 1.55 bits per heavy atom. The van der Waals surface area contributed by atoms with Gasteiger partial charge in [0.15, 0.2) is 5.78 Å². The number of alkyl halides is 1. The molecule has 0 bridgehead atoms. The van der Waals surface area contributed by atoms with Gasteiger partial charge in [0.1, 0.15) is 6.17 Å². The first-order chi connectivity index (χ1) is 10.5. The Labute approximate surface area is 131 Å². The van der Waals surface area contributed by atoms with Crippen LogP contribution >= 0.6 is 11.3 Å². The summed E-state index contributed by atoms with van der Waals surface area (Å²) in [5.74, 6) is -2.15. The molecule has 1 aliphatic rings. The lowest BCUT2D eigenvalue weighted by Crippen LogP contribution is -2.07. The number of hydrogen-bond acceptors (Lipinski definition) is 5. The maximum Gasteiger partial charge on any atom is 0.373 e.